The number of aromatic nitrogens is 5. The van der Waals surface area contributed by atoms with Crippen molar-refractivity contribution in [2.24, 2.45) is 0 Å². The van der Waals surface area contributed by atoms with Crippen LogP contribution >= 0.6 is 27.7 Å². The van der Waals surface area contributed by atoms with E-state index < -0.39 is 0 Å². The van der Waals surface area contributed by atoms with Crippen LogP contribution in [0.5, 0.6) is 5.75 Å². The van der Waals surface area contributed by atoms with Crippen molar-refractivity contribution in [3.8, 4) is 28.5 Å². The predicted octanol–water partition coefficient (Wildman–Crippen LogP) is 3.77. The molecule has 0 aliphatic rings. The number of nitrogen functional groups attached to an aromatic ring is 1. The van der Waals surface area contributed by atoms with Crippen LogP contribution in [0.1, 0.15) is 5.89 Å². The van der Waals surface area contributed by atoms with Crippen LogP contribution in [0.15, 0.2) is 62.7 Å². The number of methoxy groups -OCH3 is 1. The standard InChI is InChI=1S/C18H15BrN6O2S/c1-26-14-9-5-3-7-12(14)16-21-15(27-24-16)10-28-18-23-22-17(25(18)20)11-6-2-4-8-13(11)19/h2-9H,10,20H2,1H3. The maximum absolute atomic E-state index is 6.17. The van der Waals surface area contributed by atoms with Gasteiger partial charge in [0.15, 0.2) is 5.82 Å². The molecule has 0 spiro atoms. The molecular formula is C18H15BrN6O2S. The lowest BCUT2D eigenvalue weighted by Gasteiger charge is -2.04. The molecule has 0 fully saturated rings. The number of nitrogens with zero attached hydrogens (tertiary/aromatic N) is 5. The number of nitrogens with two attached hydrogens (primary N) is 1. The second kappa shape index (κ2) is 8.03. The molecule has 0 amide bonds. The Bertz CT molecular complexity index is 1110. The van der Waals surface area contributed by atoms with Gasteiger partial charge in [0, 0.05) is 10.0 Å². The zero-order chi connectivity index (χ0) is 19.5. The Morgan fingerprint density at radius 1 is 1.11 bits per heavy atom. The highest BCUT2D eigenvalue weighted by Gasteiger charge is 2.17. The second-order valence-electron chi connectivity index (χ2n) is 5.66. The first-order valence-electron chi connectivity index (χ1n) is 8.21. The van der Waals surface area contributed by atoms with Gasteiger partial charge in [-0.2, -0.15) is 4.98 Å². The molecule has 2 aromatic heterocycles. The lowest BCUT2D eigenvalue weighted by molar-refractivity contribution is 0.390. The molecule has 0 atom stereocenters. The lowest BCUT2D eigenvalue weighted by atomic mass is 10.2. The van der Waals surface area contributed by atoms with Gasteiger partial charge in [0.1, 0.15) is 5.75 Å². The van der Waals surface area contributed by atoms with Gasteiger partial charge >= 0.3 is 0 Å². The number of benzene rings is 2. The van der Waals surface area contributed by atoms with E-state index in [-0.39, 0.29) is 0 Å². The van der Waals surface area contributed by atoms with Crippen molar-refractivity contribution in [1.82, 2.24) is 25.0 Å². The molecule has 0 radical (unpaired) electrons. The molecule has 0 aliphatic heterocycles. The minimum atomic E-state index is 0.410. The molecule has 8 nitrogen and oxygen atoms in total. The number of hydrogen-bond acceptors (Lipinski definition) is 8. The Hall–Kier alpha value is -2.85. The molecule has 10 heteroatoms. The maximum Gasteiger partial charge on any atom is 0.237 e. The Morgan fingerprint density at radius 3 is 2.64 bits per heavy atom. The fourth-order valence-electron chi connectivity index (χ4n) is 2.58. The number of ether oxygens (including phenoxy) is 1. The van der Waals surface area contributed by atoms with Gasteiger partial charge in [-0.1, -0.05) is 57.1 Å². The van der Waals surface area contributed by atoms with E-state index >= 15 is 0 Å². The molecule has 2 N–H and O–H groups in total. The van der Waals surface area contributed by atoms with Gasteiger partial charge in [0.2, 0.25) is 16.9 Å². The van der Waals surface area contributed by atoms with Crippen molar-refractivity contribution in [2.75, 3.05) is 13.0 Å². The van der Waals surface area contributed by atoms with E-state index in [9.17, 15) is 0 Å². The summed E-state index contributed by atoms with van der Waals surface area (Å²) < 4.78 is 13.0. The van der Waals surface area contributed by atoms with Gasteiger partial charge in [-0.15, -0.1) is 10.2 Å². The molecule has 28 heavy (non-hydrogen) atoms. The van der Waals surface area contributed by atoms with Crippen LogP contribution in [0.4, 0.5) is 0 Å². The number of rotatable bonds is 6. The normalized spacial score (nSPS) is 10.9. The molecule has 2 aromatic carbocycles. The summed E-state index contributed by atoms with van der Waals surface area (Å²) in [4.78, 5) is 4.43. The largest absolute Gasteiger partial charge is 0.496 e. The molecular weight excluding hydrogens is 444 g/mol. The average molecular weight is 459 g/mol. The molecule has 0 unspecified atom stereocenters. The number of hydrogen-bond donors (Lipinski definition) is 1. The predicted molar refractivity (Wildman–Crippen MR) is 109 cm³/mol. The van der Waals surface area contributed by atoms with Crippen molar-refractivity contribution in [2.45, 2.75) is 10.9 Å². The third kappa shape index (κ3) is 3.60. The smallest absolute Gasteiger partial charge is 0.237 e. The zero-order valence-electron chi connectivity index (χ0n) is 14.7. The van der Waals surface area contributed by atoms with Crippen LogP contribution in [0.3, 0.4) is 0 Å². The van der Waals surface area contributed by atoms with Crippen molar-refractivity contribution in [1.29, 1.82) is 0 Å². The van der Waals surface area contributed by atoms with Crippen LogP contribution in [0, 0.1) is 0 Å². The Balaban J connectivity index is 1.51. The summed E-state index contributed by atoms with van der Waals surface area (Å²) in [5.41, 5.74) is 1.63. The van der Waals surface area contributed by atoms with E-state index in [0.717, 1.165) is 15.6 Å². The fourth-order valence-corrected chi connectivity index (χ4v) is 3.74. The van der Waals surface area contributed by atoms with Gasteiger partial charge < -0.3 is 15.1 Å². The first-order valence-corrected chi connectivity index (χ1v) is 9.99. The first kappa shape index (κ1) is 18.5. The van der Waals surface area contributed by atoms with Crippen LogP contribution in [-0.4, -0.2) is 32.1 Å². The monoisotopic (exact) mass is 458 g/mol. The minimum Gasteiger partial charge on any atom is -0.496 e. The van der Waals surface area contributed by atoms with Crippen molar-refractivity contribution in [3.63, 3.8) is 0 Å². The summed E-state index contributed by atoms with van der Waals surface area (Å²) in [6.45, 7) is 0. The number of halogens is 1. The van der Waals surface area contributed by atoms with E-state index in [4.69, 9.17) is 15.1 Å². The first-order chi connectivity index (χ1) is 13.7. The highest BCUT2D eigenvalue weighted by Crippen LogP contribution is 2.30. The maximum atomic E-state index is 6.17. The molecule has 0 bridgehead atoms. The van der Waals surface area contributed by atoms with E-state index in [0.29, 0.717) is 34.2 Å². The summed E-state index contributed by atoms with van der Waals surface area (Å²) in [5, 5.41) is 12.9. The molecule has 142 valence electrons. The van der Waals surface area contributed by atoms with E-state index in [1.165, 1.54) is 16.4 Å². The quantitative estimate of drug-likeness (QED) is 0.343. The van der Waals surface area contributed by atoms with Crippen LogP contribution in [0.25, 0.3) is 22.8 Å². The molecule has 4 rings (SSSR count). The van der Waals surface area contributed by atoms with Gasteiger partial charge in [0.05, 0.1) is 18.4 Å². The summed E-state index contributed by atoms with van der Waals surface area (Å²) in [6.07, 6.45) is 0. The van der Waals surface area contributed by atoms with Gasteiger partial charge in [0.25, 0.3) is 0 Å². The lowest BCUT2D eigenvalue weighted by Crippen LogP contribution is -2.11. The average Bonchev–Trinajstić information content (AvgIpc) is 3.33. The molecule has 0 aliphatic carbocycles. The summed E-state index contributed by atoms with van der Waals surface area (Å²) in [5.74, 6) is 8.75. The second-order valence-corrected chi connectivity index (χ2v) is 7.45. The number of para-hydroxylation sites is 1. The topological polar surface area (TPSA) is 105 Å². The third-order valence-electron chi connectivity index (χ3n) is 3.92. The van der Waals surface area contributed by atoms with Gasteiger partial charge in [-0.05, 0) is 24.3 Å². The highest BCUT2D eigenvalue weighted by atomic mass is 79.9. The molecule has 0 saturated heterocycles. The summed E-state index contributed by atoms with van der Waals surface area (Å²) >= 11 is 4.86. The van der Waals surface area contributed by atoms with Crippen molar-refractivity contribution >= 4 is 27.7 Å². The highest BCUT2D eigenvalue weighted by molar-refractivity contribution is 9.10. The third-order valence-corrected chi connectivity index (χ3v) is 5.54. The Labute approximate surface area is 173 Å². The fraction of sp³-hybridized carbons (Fsp3) is 0.111. The minimum absolute atomic E-state index is 0.410. The van der Waals surface area contributed by atoms with E-state index in [1.807, 2.05) is 48.5 Å². The van der Waals surface area contributed by atoms with E-state index in [2.05, 4.69) is 36.3 Å². The summed E-state index contributed by atoms with van der Waals surface area (Å²) in [6, 6.07) is 15.2. The zero-order valence-corrected chi connectivity index (χ0v) is 17.1. The van der Waals surface area contributed by atoms with Crippen LogP contribution < -0.4 is 10.6 Å². The number of thioether (sulfide) groups is 1. The van der Waals surface area contributed by atoms with Crippen molar-refractivity contribution < 1.29 is 9.26 Å². The summed E-state index contributed by atoms with van der Waals surface area (Å²) in [7, 11) is 1.60. The van der Waals surface area contributed by atoms with Gasteiger partial charge in [-0.25, -0.2) is 4.68 Å². The van der Waals surface area contributed by atoms with Gasteiger partial charge in [-0.3, -0.25) is 0 Å². The van der Waals surface area contributed by atoms with Crippen LogP contribution in [0.2, 0.25) is 0 Å². The molecule has 2 heterocycles. The van der Waals surface area contributed by atoms with Crippen molar-refractivity contribution in [3.05, 3.63) is 58.9 Å². The van der Waals surface area contributed by atoms with E-state index in [1.54, 1.807) is 7.11 Å². The molecule has 4 aromatic rings. The van der Waals surface area contributed by atoms with Crippen LogP contribution in [-0.2, 0) is 5.75 Å². The Morgan fingerprint density at radius 2 is 1.86 bits per heavy atom. The Kier molecular flexibility index (Phi) is 5.31. The SMILES string of the molecule is COc1ccccc1-c1noc(CSc2nnc(-c3ccccc3Br)n2N)n1. The molecule has 0 saturated carbocycles.